The van der Waals surface area contributed by atoms with Crippen LogP contribution in [0.4, 0.5) is 0 Å². The molecule has 19 heavy (non-hydrogen) atoms. The van der Waals surface area contributed by atoms with Gasteiger partial charge in [-0.1, -0.05) is 47.5 Å². The maximum absolute atomic E-state index is 12.5. The van der Waals surface area contributed by atoms with E-state index < -0.39 is 0 Å². The van der Waals surface area contributed by atoms with Crippen LogP contribution in [0.25, 0.3) is 0 Å². The maximum Gasteiger partial charge on any atom is 0.194 e. The lowest BCUT2D eigenvalue weighted by atomic mass is 10.00. The number of rotatable bonds is 4. The minimum absolute atomic E-state index is 0.0725. The quantitative estimate of drug-likeness (QED) is 0.480. The first-order valence-electron chi connectivity index (χ1n) is 6.20. The van der Waals surface area contributed by atoms with Gasteiger partial charge >= 0.3 is 0 Å². The van der Waals surface area contributed by atoms with Gasteiger partial charge in [0, 0.05) is 19.2 Å². The molecule has 0 aromatic heterocycles. The number of carbonyl (C=O) groups is 1. The van der Waals surface area contributed by atoms with Crippen molar-refractivity contribution in [3.63, 3.8) is 0 Å². The molecular formula is C16H14BrIO. The molecule has 0 N–H and O–H groups in total. The van der Waals surface area contributed by atoms with Crippen LogP contribution in [0.2, 0.25) is 0 Å². The minimum Gasteiger partial charge on any atom is -0.289 e. The lowest BCUT2D eigenvalue weighted by molar-refractivity contribution is 0.103. The Hall–Kier alpha value is -0.680. The zero-order valence-electron chi connectivity index (χ0n) is 10.6. The fourth-order valence-electron chi connectivity index (χ4n) is 1.98. The Labute approximate surface area is 135 Å². The number of carbonyl (C=O) groups excluding carboxylic acids is 1. The van der Waals surface area contributed by atoms with Crippen LogP contribution in [0.3, 0.4) is 0 Å². The van der Waals surface area contributed by atoms with Crippen molar-refractivity contribution in [2.75, 3.05) is 0 Å². The van der Waals surface area contributed by atoms with Gasteiger partial charge in [-0.05, 0) is 58.8 Å². The normalized spacial score (nSPS) is 10.5. The van der Waals surface area contributed by atoms with Gasteiger partial charge in [0.25, 0.3) is 0 Å². The number of aryl methyl sites for hydroxylation is 1. The number of halogens is 2. The van der Waals surface area contributed by atoms with E-state index in [4.69, 9.17) is 0 Å². The van der Waals surface area contributed by atoms with Gasteiger partial charge < -0.3 is 0 Å². The molecule has 0 fully saturated rings. The molecule has 98 valence electrons. The third kappa shape index (κ3) is 3.66. The topological polar surface area (TPSA) is 17.1 Å². The van der Waals surface area contributed by atoms with Crippen molar-refractivity contribution in [1.29, 1.82) is 0 Å². The van der Waals surface area contributed by atoms with E-state index in [0.717, 1.165) is 32.0 Å². The van der Waals surface area contributed by atoms with Crippen LogP contribution < -0.4 is 0 Å². The minimum atomic E-state index is 0.0725. The van der Waals surface area contributed by atoms with Gasteiger partial charge in [-0.2, -0.15) is 0 Å². The molecule has 0 bridgehead atoms. The molecule has 0 atom stereocenters. The summed E-state index contributed by atoms with van der Waals surface area (Å²) in [6, 6.07) is 13.7. The van der Waals surface area contributed by atoms with E-state index in [-0.39, 0.29) is 5.78 Å². The number of ketones is 1. The van der Waals surface area contributed by atoms with Crippen LogP contribution in [0.15, 0.2) is 46.9 Å². The second-order valence-electron chi connectivity index (χ2n) is 4.40. The standard InChI is InChI=1S/C16H14BrIO/c1-2-4-11-5-3-6-12(9-11)16(19)14-10-13(18)7-8-15(14)17/h3,5-10H,2,4H2,1H3. The molecule has 0 aliphatic carbocycles. The molecule has 0 unspecified atom stereocenters. The van der Waals surface area contributed by atoms with Crippen LogP contribution in [-0.4, -0.2) is 5.78 Å². The summed E-state index contributed by atoms with van der Waals surface area (Å²) >= 11 is 5.68. The van der Waals surface area contributed by atoms with Crippen LogP contribution in [0.5, 0.6) is 0 Å². The molecule has 1 nitrogen and oxygen atoms in total. The molecular weight excluding hydrogens is 415 g/mol. The summed E-state index contributed by atoms with van der Waals surface area (Å²) < 4.78 is 1.91. The molecule has 0 saturated heterocycles. The third-order valence-corrected chi connectivity index (χ3v) is 4.26. The zero-order chi connectivity index (χ0) is 13.8. The first kappa shape index (κ1) is 14.7. The van der Waals surface area contributed by atoms with Crippen LogP contribution in [-0.2, 0) is 6.42 Å². The molecule has 0 heterocycles. The number of hydrogen-bond donors (Lipinski definition) is 0. The van der Waals surface area contributed by atoms with Gasteiger partial charge in [-0.25, -0.2) is 0 Å². The molecule has 0 saturated carbocycles. The molecule has 2 aromatic carbocycles. The fraction of sp³-hybridized carbons (Fsp3) is 0.188. The molecule has 0 aliphatic rings. The van der Waals surface area contributed by atoms with E-state index >= 15 is 0 Å². The molecule has 3 heteroatoms. The number of benzene rings is 2. The summed E-state index contributed by atoms with van der Waals surface area (Å²) in [5, 5.41) is 0. The van der Waals surface area contributed by atoms with E-state index in [1.807, 2.05) is 36.4 Å². The summed E-state index contributed by atoms with van der Waals surface area (Å²) in [5.74, 6) is 0.0725. The SMILES string of the molecule is CCCc1cccc(C(=O)c2cc(I)ccc2Br)c1. The summed E-state index contributed by atoms with van der Waals surface area (Å²) in [4.78, 5) is 12.5. The average molecular weight is 429 g/mol. The van der Waals surface area contributed by atoms with Crippen LogP contribution in [0, 0.1) is 3.57 Å². The molecule has 0 aliphatic heterocycles. The second-order valence-corrected chi connectivity index (χ2v) is 6.50. The van der Waals surface area contributed by atoms with Gasteiger partial charge in [-0.15, -0.1) is 0 Å². The Kier molecular flexibility index (Phi) is 5.16. The van der Waals surface area contributed by atoms with Gasteiger partial charge in [0.1, 0.15) is 0 Å². The fourth-order valence-corrected chi connectivity index (χ4v) is 2.90. The van der Waals surface area contributed by atoms with Crippen molar-refractivity contribution >= 4 is 44.3 Å². The molecule has 2 rings (SSSR count). The van der Waals surface area contributed by atoms with Crippen molar-refractivity contribution in [3.8, 4) is 0 Å². The van der Waals surface area contributed by atoms with Crippen molar-refractivity contribution in [3.05, 3.63) is 67.2 Å². The highest BCUT2D eigenvalue weighted by molar-refractivity contribution is 14.1. The van der Waals surface area contributed by atoms with Gasteiger partial charge in [0.2, 0.25) is 0 Å². The lowest BCUT2D eigenvalue weighted by Crippen LogP contribution is -2.03. The predicted octanol–water partition coefficient (Wildman–Crippen LogP) is 5.24. The Morgan fingerprint density at radius 2 is 2.00 bits per heavy atom. The van der Waals surface area contributed by atoms with Crippen molar-refractivity contribution in [2.45, 2.75) is 19.8 Å². The first-order chi connectivity index (χ1) is 9.11. The van der Waals surface area contributed by atoms with E-state index in [9.17, 15) is 4.79 Å². The van der Waals surface area contributed by atoms with Crippen molar-refractivity contribution in [1.82, 2.24) is 0 Å². The van der Waals surface area contributed by atoms with Crippen molar-refractivity contribution in [2.24, 2.45) is 0 Å². The van der Waals surface area contributed by atoms with E-state index in [1.165, 1.54) is 5.56 Å². The van der Waals surface area contributed by atoms with Gasteiger partial charge in [0.15, 0.2) is 5.78 Å². The highest BCUT2D eigenvalue weighted by atomic mass is 127. The van der Waals surface area contributed by atoms with Gasteiger partial charge in [0.05, 0.1) is 0 Å². The highest BCUT2D eigenvalue weighted by Crippen LogP contribution is 2.23. The van der Waals surface area contributed by atoms with Crippen molar-refractivity contribution < 1.29 is 4.79 Å². The van der Waals surface area contributed by atoms with Crippen LogP contribution >= 0.6 is 38.5 Å². The molecule has 0 radical (unpaired) electrons. The molecule has 2 aromatic rings. The van der Waals surface area contributed by atoms with E-state index in [0.29, 0.717) is 0 Å². The first-order valence-corrected chi connectivity index (χ1v) is 8.07. The Bertz CT molecular complexity index is 607. The Morgan fingerprint density at radius 1 is 1.21 bits per heavy atom. The zero-order valence-corrected chi connectivity index (χ0v) is 14.4. The highest BCUT2D eigenvalue weighted by Gasteiger charge is 2.13. The third-order valence-electron chi connectivity index (χ3n) is 2.90. The molecule has 0 amide bonds. The van der Waals surface area contributed by atoms with E-state index in [1.54, 1.807) is 0 Å². The molecule has 0 spiro atoms. The lowest BCUT2D eigenvalue weighted by Gasteiger charge is -2.06. The number of hydrogen-bond acceptors (Lipinski definition) is 1. The largest absolute Gasteiger partial charge is 0.289 e. The predicted molar refractivity (Wildman–Crippen MR) is 90.7 cm³/mol. The Balaban J connectivity index is 2.38. The summed E-state index contributed by atoms with van der Waals surface area (Å²) in [6.45, 7) is 2.14. The smallest absolute Gasteiger partial charge is 0.194 e. The van der Waals surface area contributed by atoms with E-state index in [2.05, 4.69) is 51.5 Å². The maximum atomic E-state index is 12.5. The average Bonchev–Trinajstić information content (AvgIpc) is 2.41. The summed E-state index contributed by atoms with van der Waals surface area (Å²) in [5.41, 5.74) is 2.70. The summed E-state index contributed by atoms with van der Waals surface area (Å²) in [7, 11) is 0. The van der Waals surface area contributed by atoms with Gasteiger partial charge in [-0.3, -0.25) is 4.79 Å². The van der Waals surface area contributed by atoms with Crippen LogP contribution in [0.1, 0.15) is 34.8 Å². The second kappa shape index (κ2) is 6.66. The Morgan fingerprint density at radius 3 is 2.74 bits per heavy atom. The monoisotopic (exact) mass is 428 g/mol. The summed E-state index contributed by atoms with van der Waals surface area (Å²) in [6.07, 6.45) is 2.10.